The van der Waals surface area contributed by atoms with Gasteiger partial charge in [-0.3, -0.25) is 4.79 Å². The third-order valence-electron chi connectivity index (χ3n) is 4.34. The average molecular weight is 330 g/mol. The largest absolute Gasteiger partial charge is 0.481 e. The molecule has 0 radical (unpaired) electrons. The first-order valence-corrected chi connectivity index (χ1v) is 8.22. The second-order valence-electron chi connectivity index (χ2n) is 6.08. The molecule has 120 valence electrons. The van der Waals surface area contributed by atoms with E-state index in [9.17, 15) is 4.79 Å². The van der Waals surface area contributed by atoms with Crippen molar-refractivity contribution in [2.24, 2.45) is 0 Å². The van der Waals surface area contributed by atoms with E-state index in [0.717, 1.165) is 12.8 Å². The van der Waals surface area contributed by atoms with Crippen molar-refractivity contribution in [1.82, 2.24) is 5.32 Å². The van der Waals surface area contributed by atoms with Gasteiger partial charge < -0.3 is 10.1 Å². The highest BCUT2D eigenvalue weighted by molar-refractivity contribution is 6.30. The second kappa shape index (κ2) is 6.63. The summed E-state index contributed by atoms with van der Waals surface area (Å²) < 4.78 is 5.65. The minimum Gasteiger partial charge on any atom is -0.481 e. The van der Waals surface area contributed by atoms with Gasteiger partial charge in [0.1, 0.15) is 5.75 Å². The highest BCUT2D eigenvalue weighted by Crippen LogP contribution is 2.47. The van der Waals surface area contributed by atoms with Gasteiger partial charge in [-0.25, -0.2) is 0 Å². The summed E-state index contributed by atoms with van der Waals surface area (Å²) >= 11 is 5.84. The van der Waals surface area contributed by atoms with Crippen molar-refractivity contribution >= 4 is 17.5 Å². The zero-order valence-corrected chi connectivity index (χ0v) is 13.8. The Bertz CT molecular complexity index is 666. The molecular formula is C19H20ClNO2. The predicted molar refractivity (Wildman–Crippen MR) is 91.9 cm³/mol. The lowest BCUT2D eigenvalue weighted by Crippen LogP contribution is -2.40. The molecule has 1 aliphatic rings. The van der Waals surface area contributed by atoms with Crippen LogP contribution in [-0.4, -0.2) is 18.6 Å². The van der Waals surface area contributed by atoms with Gasteiger partial charge in [-0.15, -0.1) is 0 Å². The molecule has 1 atom stereocenters. The van der Waals surface area contributed by atoms with Crippen LogP contribution in [-0.2, 0) is 10.2 Å². The second-order valence-corrected chi connectivity index (χ2v) is 6.51. The van der Waals surface area contributed by atoms with Gasteiger partial charge >= 0.3 is 0 Å². The van der Waals surface area contributed by atoms with Gasteiger partial charge in [0, 0.05) is 17.0 Å². The first-order valence-electron chi connectivity index (χ1n) is 7.85. The summed E-state index contributed by atoms with van der Waals surface area (Å²) in [7, 11) is 0. The Kier molecular flexibility index (Phi) is 4.58. The van der Waals surface area contributed by atoms with Gasteiger partial charge in [0.2, 0.25) is 0 Å². The lowest BCUT2D eigenvalue weighted by molar-refractivity contribution is -0.127. The quantitative estimate of drug-likeness (QED) is 0.871. The summed E-state index contributed by atoms with van der Waals surface area (Å²) in [6, 6.07) is 17.4. The van der Waals surface area contributed by atoms with Crippen molar-refractivity contribution in [3.8, 4) is 5.75 Å². The van der Waals surface area contributed by atoms with Crippen LogP contribution in [0.25, 0.3) is 0 Å². The Balaban J connectivity index is 1.54. The van der Waals surface area contributed by atoms with E-state index in [1.165, 1.54) is 5.56 Å². The van der Waals surface area contributed by atoms with E-state index >= 15 is 0 Å². The van der Waals surface area contributed by atoms with Crippen molar-refractivity contribution in [2.75, 3.05) is 6.54 Å². The molecular weight excluding hydrogens is 310 g/mol. The molecule has 3 nitrogen and oxygen atoms in total. The third-order valence-corrected chi connectivity index (χ3v) is 4.59. The van der Waals surface area contributed by atoms with E-state index in [1.807, 2.05) is 18.2 Å². The number of amides is 1. The summed E-state index contributed by atoms with van der Waals surface area (Å²) in [6.07, 6.45) is 1.69. The van der Waals surface area contributed by atoms with E-state index in [-0.39, 0.29) is 11.3 Å². The molecule has 4 heteroatoms. The summed E-state index contributed by atoms with van der Waals surface area (Å²) in [4.78, 5) is 12.3. The molecule has 1 unspecified atom stereocenters. The zero-order valence-electron chi connectivity index (χ0n) is 13.1. The van der Waals surface area contributed by atoms with Crippen LogP contribution in [0.15, 0.2) is 54.6 Å². The Morgan fingerprint density at radius 3 is 2.43 bits per heavy atom. The van der Waals surface area contributed by atoms with E-state index < -0.39 is 6.10 Å². The highest BCUT2D eigenvalue weighted by Gasteiger charge is 2.44. The number of halogens is 1. The van der Waals surface area contributed by atoms with Crippen LogP contribution in [0.4, 0.5) is 0 Å². The summed E-state index contributed by atoms with van der Waals surface area (Å²) in [5, 5.41) is 3.67. The molecule has 1 fully saturated rings. The Morgan fingerprint density at radius 2 is 1.83 bits per heavy atom. The molecule has 1 amide bonds. The Morgan fingerprint density at radius 1 is 1.17 bits per heavy atom. The van der Waals surface area contributed by atoms with Crippen molar-refractivity contribution in [3.63, 3.8) is 0 Å². The molecule has 1 aliphatic carbocycles. The molecule has 0 heterocycles. The van der Waals surface area contributed by atoms with Crippen LogP contribution < -0.4 is 10.1 Å². The molecule has 1 N–H and O–H groups in total. The molecule has 1 saturated carbocycles. The number of hydrogen-bond donors (Lipinski definition) is 1. The maximum Gasteiger partial charge on any atom is 0.260 e. The molecule has 2 aromatic rings. The van der Waals surface area contributed by atoms with Crippen LogP contribution in [0.3, 0.4) is 0 Å². The fourth-order valence-corrected chi connectivity index (χ4v) is 2.81. The predicted octanol–water partition coefficient (Wildman–Crippen LogP) is 3.96. The zero-order chi connectivity index (χ0) is 16.3. The van der Waals surface area contributed by atoms with Crippen LogP contribution >= 0.6 is 11.6 Å². The number of carbonyl (C=O) groups excluding carboxylic acids is 1. The Hall–Kier alpha value is -2.00. The van der Waals surface area contributed by atoms with Gasteiger partial charge in [-0.2, -0.15) is 0 Å². The van der Waals surface area contributed by atoms with Crippen molar-refractivity contribution in [1.29, 1.82) is 0 Å². The van der Waals surface area contributed by atoms with E-state index in [2.05, 4.69) is 17.4 Å². The smallest absolute Gasteiger partial charge is 0.260 e. The SMILES string of the molecule is CC(Oc1ccc(Cl)cc1)C(=O)NCC1(c2ccccc2)CC1. The molecule has 0 bridgehead atoms. The van der Waals surface area contributed by atoms with E-state index in [4.69, 9.17) is 16.3 Å². The molecule has 23 heavy (non-hydrogen) atoms. The third kappa shape index (κ3) is 3.85. The monoisotopic (exact) mass is 329 g/mol. The highest BCUT2D eigenvalue weighted by atomic mass is 35.5. The van der Waals surface area contributed by atoms with E-state index in [1.54, 1.807) is 31.2 Å². The lowest BCUT2D eigenvalue weighted by atomic mass is 9.96. The molecule has 0 spiro atoms. The summed E-state index contributed by atoms with van der Waals surface area (Å²) in [6.45, 7) is 2.41. The van der Waals surface area contributed by atoms with Gasteiger partial charge in [-0.1, -0.05) is 41.9 Å². The lowest BCUT2D eigenvalue weighted by Gasteiger charge is -2.19. The summed E-state index contributed by atoms with van der Waals surface area (Å²) in [5.41, 5.74) is 1.41. The number of ether oxygens (including phenoxy) is 1. The number of benzene rings is 2. The van der Waals surface area contributed by atoms with Crippen LogP contribution in [0.5, 0.6) is 5.75 Å². The van der Waals surface area contributed by atoms with Gasteiger partial charge in [0.15, 0.2) is 6.10 Å². The number of hydrogen-bond acceptors (Lipinski definition) is 2. The first-order chi connectivity index (χ1) is 11.1. The fourth-order valence-electron chi connectivity index (χ4n) is 2.68. The van der Waals surface area contributed by atoms with Crippen LogP contribution in [0, 0.1) is 0 Å². The number of rotatable bonds is 6. The number of nitrogens with one attached hydrogen (secondary N) is 1. The van der Waals surface area contributed by atoms with E-state index in [0.29, 0.717) is 17.3 Å². The maximum atomic E-state index is 12.3. The van der Waals surface area contributed by atoms with Crippen LogP contribution in [0.1, 0.15) is 25.3 Å². The molecule has 2 aromatic carbocycles. The molecule has 0 aromatic heterocycles. The van der Waals surface area contributed by atoms with Crippen molar-refractivity contribution in [2.45, 2.75) is 31.3 Å². The summed E-state index contributed by atoms with van der Waals surface area (Å²) in [5.74, 6) is 0.545. The Labute approximate surface area is 141 Å². The van der Waals surface area contributed by atoms with Crippen molar-refractivity contribution in [3.05, 3.63) is 65.2 Å². The number of carbonyl (C=O) groups is 1. The minimum atomic E-state index is -0.539. The fraction of sp³-hybridized carbons (Fsp3) is 0.316. The average Bonchev–Trinajstić information content (AvgIpc) is 3.37. The standard InChI is InChI=1S/C19H20ClNO2/c1-14(23-17-9-7-16(20)8-10-17)18(22)21-13-19(11-12-19)15-5-3-2-4-6-15/h2-10,14H,11-13H2,1H3,(H,21,22). The van der Waals surface area contributed by atoms with Gasteiger partial charge in [0.05, 0.1) is 0 Å². The maximum absolute atomic E-state index is 12.3. The minimum absolute atomic E-state index is 0.0952. The van der Waals surface area contributed by atoms with Crippen LogP contribution in [0.2, 0.25) is 5.02 Å². The normalized spacial score (nSPS) is 16.4. The first kappa shape index (κ1) is 15.9. The molecule has 0 aliphatic heterocycles. The topological polar surface area (TPSA) is 38.3 Å². The molecule has 3 rings (SSSR count). The molecule has 0 saturated heterocycles. The van der Waals surface area contributed by atoms with Crippen molar-refractivity contribution < 1.29 is 9.53 Å². The van der Waals surface area contributed by atoms with Gasteiger partial charge in [0.25, 0.3) is 5.91 Å². The van der Waals surface area contributed by atoms with Gasteiger partial charge in [-0.05, 0) is 49.6 Å².